The monoisotopic (exact) mass is 430 g/mol. The molecule has 0 amide bonds. The molecule has 0 spiro atoms. The van der Waals surface area contributed by atoms with Crippen molar-refractivity contribution in [2.75, 3.05) is 0 Å². The molecule has 4 aromatic rings. The van der Waals surface area contributed by atoms with Gasteiger partial charge in [0, 0.05) is 37.3 Å². The molecule has 8 nitrogen and oxygen atoms in total. The van der Waals surface area contributed by atoms with Crippen LogP contribution in [0.5, 0.6) is 0 Å². The van der Waals surface area contributed by atoms with Gasteiger partial charge in [-0.1, -0.05) is 51.5 Å². The van der Waals surface area contributed by atoms with E-state index in [9.17, 15) is 0 Å². The van der Waals surface area contributed by atoms with Gasteiger partial charge in [0.1, 0.15) is 5.82 Å². The van der Waals surface area contributed by atoms with Crippen LogP contribution in [0.3, 0.4) is 0 Å². The maximum atomic E-state index is 4.88. The first-order valence-electron chi connectivity index (χ1n) is 11.3. The lowest BCUT2D eigenvalue weighted by Crippen LogP contribution is -2.06. The van der Waals surface area contributed by atoms with E-state index >= 15 is 0 Å². The van der Waals surface area contributed by atoms with Crippen LogP contribution in [-0.4, -0.2) is 40.4 Å². The van der Waals surface area contributed by atoms with E-state index in [2.05, 4.69) is 75.3 Å². The summed E-state index contributed by atoms with van der Waals surface area (Å²) in [4.78, 5) is 9.11. The maximum Gasteiger partial charge on any atom is 0.181 e. The summed E-state index contributed by atoms with van der Waals surface area (Å²) in [5, 5.41) is 19.0. The largest absolute Gasteiger partial charge is 0.264 e. The Hall–Kier alpha value is -3.42. The van der Waals surface area contributed by atoms with Crippen LogP contribution in [0.15, 0.2) is 42.7 Å². The molecule has 0 saturated heterocycles. The van der Waals surface area contributed by atoms with Crippen LogP contribution in [-0.2, 0) is 19.4 Å². The zero-order chi connectivity index (χ0) is 22.3. The third kappa shape index (κ3) is 5.25. The first-order valence-corrected chi connectivity index (χ1v) is 11.3. The summed E-state index contributed by atoms with van der Waals surface area (Å²) >= 11 is 0. The second kappa shape index (κ2) is 10.3. The van der Waals surface area contributed by atoms with Crippen molar-refractivity contribution in [1.29, 1.82) is 0 Å². The Bertz CT molecular complexity index is 1110. The third-order valence-electron chi connectivity index (χ3n) is 5.51. The Morgan fingerprint density at radius 2 is 1.91 bits per heavy atom. The highest BCUT2D eigenvalue weighted by atomic mass is 15.5. The highest BCUT2D eigenvalue weighted by Gasteiger charge is 2.13. The summed E-state index contributed by atoms with van der Waals surface area (Å²) < 4.78 is 2.10. The molecule has 0 saturated carbocycles. The number of tetrazole rings is 1. The van der Waals surface area contributed by atoms with Gasteiger partial charge in [-0.2, -0.15) is 5.10 Å². The van der Waals surface area contributed by atoms with E-state index < -0.39 is 0 Å². The van der Waals surface area contributed by atoms with Crippen LogP contribution in [0.25, 0.3) is 22.5 Å². The quantitative estimate of drug-likeness (QED) is 0.398. The lowest BCUT2D eigenvalue weighted by atomic mass is 9.99. The number of benzene rings is 1. The Morgan fingerprint density at radius 3 is 2.62 bits per heavy atom. The number of aromatic amines is 1. The molecule has 0 aliphatic heterocycles. The highest BCUT2D eigenvalue weighted by Crippen LogP contribution is 2.29. The molecule has 0 unspecified atom stereocenters. The molecule has 3 aromatic heterocycles. The zero-order valence-corrected chi connectivity index (χ0v) is 19.0. The first-order chi connectivity index (χ1) is 15.6. The minimum absolute atomic E-state index is 0.607. The van der Waals surface area contributed by atoms with Crippen molar-refractivity contribution in [1.82, 2.24) is 40.4 Å². The van der Waals surface area contributed by atoms with Gasteiger partial charge in [-0.15, -0.1) is 5.10 Å². The van der Waals surface area contributed by atoms with Crippen LogP contribution < -0.4 is 0 Å². The fraction of sp³-hybridized carbons (Fsp3) is 0.417. The average molecular weight is 431 g/mol. The van der Waals surface area contributed by atoms with Crippen molar-refractivity contribution in [3.63, 3.8) is 0 Å². The van der Waals surface area contributed by atoms with Gasteiger partial charge in [0.2, 0.25) is 0 Å². The molecule has 0 radical (unpaired) electrons. The second-order valence-corrected chi connectivity index (χ2v) is 8.50. The van der Waals surface area contributed by atoms with Crippen molar-refractivity contribution in [3.8, 4) is 22.5 Å². The molecule has 0 aliphatic carbocycles. The Balaban J connectivity index is 1.54. The normalized spacial score (nSPS) is 11.4. The molecule has 166 valence electrons. The lowest BCUT2D eigenvalue weighted by Gasteiger charge is -2.08. The number of nitrogens with zero attached hydrogens (tertiary/aromatic N) is 7. The second-order valence-electron chi connectivity index (χ2n) is 8.50. The molecule has 4 rings (SSSR count). The molecule has 3 heterocycles. The van der Waals surface area contributed by atoms with Gasteiger partial charge in [-0.3, -0.25) is 4.98 Å². The van der Waals surface area contributed by atoms with Crippen LogP contribution in [0.1, 0.15) is 57.2 Å². The van der Waals surface area contributed by atoms with Gasteiger partial charge in [-0.25, -0.2) is 14.8 Å². The summed E-state index contributed by atoms with van der Waals surface area (Å²) in [5.41, 5.74) is 4.21. The predicted octanol–water partition coefficient (Wildman–Crippen LogP) is 4.50. The number of unbranched alkanes of at least 4 members (excludes halogenated alkanes) is 1. The Kier molecular flexibility index (Phi) is 6.99. The van der Waals surface area contributed by atoms with Crippen molar-refractivity contribution < 1.29 is 0 Å². The zero-order valence-electron chi connectivity index (χ0n) is 19.0. The smallest absolute Gasteiger partial charge is 0.181 e. The molecule has 32 heavy (non-hydrogen) atoms. The summed E-state index contributed by atoms with van der Waals surface area (Å²) in [6, 6.07) is 10.6. The van der Waals surface area contributed by atoms with E-state index in [1.165, 1.54) is 5.56 Å². The van der Waals surface area contributed by atoms with Gasteiger partial charge < -0.3 is 0 Å². The van der Waals surface area contributed by atoms with E-state index in [-0.39, 0.29) is 0 Å². The summed E-state index contributed by atoms with van der Waals surface area (Å²) in [6.07, 6.45) is 8.63. The first kappa shape index (κ1) is 21.8. The third-order valence-corrected chi connectivity index (χ3v) is 5.51. The number of pyridine rings is 1. The minimum Gasteiger partial charge on any atom is -0.264 e. The molecule has 0 atom stereocenters. The van der Waals surface area contributed by atoms with Crippen LogP contribution in [0, 0.1) is 5.92 Å². The van der Waals surface area contributed by atoms with E-state index in [1.807, 2.05) is 6.07 Å². The molecule has 1 aromatic carbocycles. The van der Waals surface area contributed by atoms with Crippen LogP contribution in [0.4, 0.5) is 0 Å². The average Bonchev–Trinajstić information content (AvgIpc) is 3.47. The molecular formula is C24H30N8. The maximum absolute atomic E-state index is 4.88. The fourth-order valence-electron chi connectivity index (χ4n) is 3.66. The fourth-order valence-corrected chi connectivity index (χ4v) is 3.66. The van der Waals surface area contributed by atoms with Crippen molar-refractivity contribution in [3.05, 3.63) is 59.9 Å². The molecule has 0 bridgehead atoms. The van der Waals surface area contributed by atoms with Crippen LogP contribution in [0.2, 0.25) is 0 Å². The molecule has 1 N–H and O–H groups in total. The van der Waals surface area contributed by atoms with Gasteiger partial charge >= 0.3 is 0 Å². The predicted molar refractivity (Wildman–Crippen MR) is 124 cm³/mol. The minimum atomic E-state index is 0.607. The highest BCUT2D eigenvalue weighted by molar-refractivity contribution is 5.79. The Morgan fingerprint density at radius 1 is 1.06 bits per heavy atom. The number of hydrogen-bond donors (Lipinski definition) is 1. The van der Waals surface area contributed by atoms with E-state index in [0.29, 0.717) is 11.7 Å². The van der Waals surface area contributed by atoms with Crippen molar-refractivity contribution >= 4 is 0 Å². The molecular weight excluding hydrogens is 400 g/mol. The van der Waals surface area contributed by atoms with E-state index in [1.54, 1.807) is 12.4 Å². The van der Waals surface area contributed by atoms with Gasteiger partial charge in [-0.05, 0) is 51.9 Å². The number of aromatic nitrogens is 8. The lowest BCUT2D eigenvalue weighted by molar-refractivity contribution is 0.536. The molecule has 0 aliphatic rings. The molecule has 8 heteroatoms. The van der Waals surface area contributed by atoms with Gasteiger partial charge in [0.15, 0.2) is 11.6 Å². The van der Waals surface area contributed by atoms with Crippen LogP contribution >= 0.6 is 0 Å². The van der Waals surface area contributed by atoms with E-state index in [0.717, 1.165) is 67.0 Å². The standard InChI is InChI=1S/C24H30N8/c1-4-5-14-32-23(26-22(29-32)11-6-17(2)3)15-18-7-9-19(10-8-18)20-12-13-25-16-21(20)24-27-30-31-28-24/h7-10,12-13,16-17H,4-6,11,14-15H2,1-3H3,(H,27,28,30,31). The summed E-state index contributed by atoms with van der Waals surface area (Å²) in [6.45, 7) is 7.61. The topological polar surface area (TPSA) is 98.1 Å². The number of hydrogen-bond acceptors (Lipinski definition) is 6. The van der Waals surface area contributed by atoms with E-state index in [4.69, 9.17) is 10.1 Å². The number of aryl methyl sites for hydroxylation is 2. The summed E-state index contributed by atoms with van der Waals surface area (Å²) in [5.74, 6) is 3.26. The number of rotatable bonds is 10. The van der Waals surface area contributed by atoms with Gasteiger partial charge in [0.25, 0.3) is 0 Å². The Labute approximate surface area is 188 Å². The van der Waals surface area contributed by atoms with Gasteiger partial charge in [0.05, 0.1) is 0 Å². The summed E-state index contributed by atoms with van der Waals surface area (Å²) in [7, 11) is 0. The van der Waals surface area contributed by atoms with Crippen molar-refractivity contribution in [2.45, 2.75) is 59.4 Å². The SMILES string of the molecule is CCCCn1nc(CCC(C)C)nc1Cc1ccc(-c2ccncc2-c2nnn[nH]2)cc1. The van der Waals surface area contributed by atoms with Crippen molar-refractivity contribution in [2.24, 2.45) is 5.92 Å². The number of nitrogens with one attached hydrogen (secondary N) is 1. The number of H-pyrrole nitrogens is 1. The molecule has 0 fully saturated rings.